The molecule has 0 radical (unpaired) electrons. The fraction of sp³-hybridized carbons (Fsp3) is 0.286. The first-order valence-corrected chi connectivity index (χ1v) is 6.44. The highest BCUT2D eigenvalue weighted by Gasteiger charge is 2.26. The van der Waals surface area contributed by atoms with E-state index in [-0.39, 0.29) is 5.91 Å². The Labute approximate surface area is 123 Å². The first-order chi connectivity index (χ1) is 9.56. The maximum Gasteiger partial charge on any atom is 0.276 e. The monoisotopic (exact) mass is 292 g/mol. The summed E-state index contributed by atoms with van der Waals surface area (Å²) in [6.07, 6.45) is 1.76. The van der Waals surface area contributed by atoms with Crippen molar-refractivity contribution in [2.75, 3.05) is 21.3 Å². The number of nitrogens with one attached hydrogen (secondary N) is 1. The number of hydrogen-bond donors (Lipinski definition) is 1. The van der Waals surface area contributed by atoms with Gasteiger partial charge in [-0.3, -0.25) is 9.69 Å². The minimum absolute atomic E-state index is 0.140. The molecular formula is C14H16N2O3S. The van der Waals surface area contributed by atoms with E-state index in [1.807, 2.05) is 18.2 Å². The van der Waals surface area contributed by atoms with Gasteiger partial charge >= 0.3 is 0 Å². The summed E-state index contributed by atoms with van der Waals surface area (Å²) in [5.74, 6) is 0.617. The van der Waals surface area contributed by atoms with Crippen molar-refractivity contribution in [3.63, 3.8) is 0 Å². The third-order valence-electron chi connectivity index (χ3n) is 3.00. The largest absolute Gasteiger partial charge is 0.496 e. The molecule has 0 aromatic heterocycles. The average molecular weight is 292 g/mol. The maximum absolute atomic E-state index is 11.9. The number of rotatable bonds is 4. The topological polar surface area (TPSA) is 50.8 Å². The van der Waals surface area contributed by atoms with Gasteiger partial charge in [-0.25, -0.2) is 0 Å². The van der Waals surface area contributed by atoms with Gasteiger partial charge in [-0.1, -0.05) is 6.07 Å². The molecule has 1 saturated heterocycles. The van der Waals surface area contributed by atoms with Crippen LogP contribution in [0, 0.1) is 0 Å². The van der Waals surface area contributed by atoms with Gasteiger partial charge in [0, 0.05) is 19.7 Å². The van der Waals surface area contributed by atoms with Gasteiger partial charge in [-0.05, 0) is 36.0 Å². The predicted molar refractivity (Wildman–Crippen MR) is 80.2 cm³/mol. The summed E-state index contributed by atoms with van der Waals surface area (Å²) in [6.45, 7) is 0.444. The second-order valence-electron chi connectivity index (χ2n) is 4.36. The van der Waals surface area contributed by atoms with Gasteiger partial charge in [0.15, 0.2) is 5.11 Å². The lowest BCUT2D eigenvalue weighted by atomic mass is 10.1. The predicted octanol–water partition coefficient (Wildman–Crippen LogP) is 1.53. The van der Waals surface area contributed by atoms with E-state index in [2.05, 4.69) is 5.32 Å². The number of carbonyl (C=O) groups is 1. The number of carbonyl (C=O) groups excluding carboxylic acids is 1. The van der Waals surface area contributed by atoms with Crippen LogP contribution >= 0.6 is 12.2 Å². The lowest BCUT2D eigenvalue weighted by Gasteiger charge is -2.08. The highest BCUT2D eigenvalue weighted by Crippen LogP contribution is 2.22. The average Bonchev–Trinajstić information content (AvgIpc) is 2.67. The zero-order valence-electron chi connectivity index (χ0n) is 11.6. The summed E-state index contributed by atoms with van der Waals surface area (Å²) >= 11 is 5.03. The molecule has 0 saturated carbocycles. The molecular weight excluding hydrogens is 276 g/mol. The Morgan fingerprint density at radius 1 is 1.40 bits per heavy atom. The maximum atomic E-state index is 11.9. The highest BCUT2D eigenvalue weighted by molar-refractivity contribution is 7.80. The summed E-state index contributed by atoms with van der Waals surface area (Å²) in [4.78, 5) is 13.3. The molecule has 1 aliphatic heterocycles. The lowest BCUT2D eigenvalue weighted by molar-refractivity contribution is -0.121. The normalized spacial score (nSPS) is 16.8. The molecule has 1 N–H and O–H groups in total. The first kappa shape index (κ1) is 14.5. The van der Waals surface area contributed by atoms with Crippen molar-refractivity contribution in [3.05, 3.63) is 35.0 Å². The minimum Gasteiger partial charge on any atom is -0.496 e. The minimum atomic E-state index is -0.140. The standard InChI is InChI=1S/C14H16N2O3S/c1-16-13(17)11(15-14(16)20)7-9-4-5-12(19-3)10(6-9)8-18-2/h4-7H,8H2,1-3H3,(H,15,20)/b11-7+. The zero-order chi connectivity index (χ0) is 14.7. The van der Waals surface area contributed by atoms with E-state index >= 15 is 0 Å². The van der Waals surface area contributed by atoms with Crippen molar-refractivity contribution in [1.29, 1.82) is 0 Å². The van der Waals surface area contributed by atoms with E-state index in [0.717, 1.165) is 16.9 Å². The molecule has 0 bridgehead atoms. The third-order valence-corrected chi connectivity index (χ3v) is 3.37. The fourth-order valence-corrected chi connectivity index (χ4v) is 2.14. The zero-order valence-corrected chi connectivity index (χ0v) is 12.4. The van der Waals surface area contributed by atoms with Crippen LogP contribution in [0.3, 0.4) is 0 Å². The Morgan fingerprint density at radius 2 is 2.15 bits per heavy atom. The summed E-state index contributed by atoms with van der Waals surface area (Å²) in [5.41, 5.74) is 2.27. The second kappa shape index (κ2) is 6.02. The fourth-order valence-electron chi connectivity index (χ4n) is 1.95. The van der Waals surface area contributed by atoms with Crippen molar-refractivity contribution in [3.8, 4) is 5.75 Å². The number of ether oxygens (including phenoxy) is 2. The van der Waals surface area contributed by atoms with Crippen LogP contribution < -0.4 is 10.1 Å². The summed E-state index contributed by atoms with van der Waals surface area (Å²) in [6, 6.07) is 5.65. The molecule has 0 spiro atoms. The van der Waals surface area contributed by atoms with Gasteiger partial charge in [-0.15, -0.1) is 0 Å². The molecule has 1 aromatic carbocycles. The Bertz CT molecular complexity index is 584. The van der Waals surface area contributed by atoms with Crippen LogP contribution in [0.15, 0.2) is 23.9 Å². The highest BCUT2D eigenvalue weighted by atomic mass is 32.1. The Hall–Kier alpha value is -1.92. The van der Waals surface area contributed by atoms with Gasteiger partial charge in [0.2, 0.25) is 0 Å². The van der Waals surface area contributed by atoms with Crippen LogP contribution in [-0.4, -0.2) is 37.2 Å². The molecule has 0 unspecified atom stereocenters. The molecule has 5 nitrogen and oxygen atoms in total. The van der Waals surface area contributed by atoms with Crippen LogP contribution in [0.5, 0.6) is 5.75 Å². The van der Waals surface area contributed by atoms with Crippen molar-refractivity contribution in [2.24, 2.45) is 0 Å². The molecule has 1 heterocycles. The lowest BCUT2D eigenvalue weighted by Crippen LogP contribution is -2.25. The number of amides is 1. The first-order valence-electron chi connectivity index (χ1n) is 6.03. The molecule has 0 aliphatic carbocycles. The second-order valence-corrected chi connectivity index (χ2v) is 4.74. The molecule has 1 aliphatic rings. The smallest absolute Gasteiger partial charge is 0.276 e. The van der Waals surface area contributed by atoms with Crippen molar-refractivity contribution in [1.82, 2.24) is 10.2 Å². The summed E-state index contributed by atoms with van der Waals surface area (Å²) in [5, 5.41) is 3.30. The van der Waals surface area contributed by atoms with Crippen LogP contribution in [-0.2, 0) is 16.1 Å². The van der Waals surface area contributed by atoms with Gasteiger partial charge in [0.1, 0.15) is 11.4 Å². The van der Waals surface area contributed by atoms with Crippen molar-refractivity contribution >= 4 is 29.3 Å². The molecule has 2 rings (SSSR count). The summed E-state index contributed by atoms with van der Waals surface area (Å²) in [7, 11) is 4.88. The number of hydrogen-bond acceptors (Lipinski definition) is 4. The Kier molecular flexibility index (Phi) is 4.36. The number of benzene rings is 1. The molecule has 0 atom stereocenters. The third kappa shape index (κ3) is 2.81. The van der Waals surface area contributed by atoms with Crippen LogP contribution in [0.4, 0.5) is 0 Å². The number of thiocarbonyl (C=S) groups is 1. The molecule has 1 fully saturated rings. The SMILES string of the molecule is COCc1cc(/C=C2/NC(=S)N(C)C2=O)ccc1OC. The Morgan fingerprint density at radius 3 is 2.70 bits per heavy atom. The molecule has 106 valence electrons. The van der Waals surface area contributed by atoms with Gasteiger partial charge in [-0.2, -0.15) is 0 Å². The number of likely N-dealkylation sites (N-methyl/N-ethyl adjacent to an activating group) is 1. The quantitative estimate of drug-likeness (QED) is 0.674. The number of methoxy groups -OCH3 is 2. The van der Waals surface area contributed by atoms with Crippen LogP contribution in [0.1, 0.15) is 11.1 Å². The van der Waals surface area contributed by atoms with E-state index in [0.29, 0.717) is 17.4 Å². The Balaban J connectivity index is 2.32. The van der Waals surface area contributed by atoms with Crippen molar-refractivity contribution < 1.29 is 14.3 Å². The van der Waals surface area contributed by atoms with E-state index in [1.165, 1.54) is 4.90 Å². The van der Waals surface area contributed by atoms with Crippen LogP contribution in [0.25, 0.3) is 6.08 Å². The molecule has 20 heavy (non-hydrogen) atoms. The van der Waals surface area contributed by atoms with Gasteiger partial charge in [0.25, 0.3) is 5.91 Å². The molecule has 1 aromatic rings. The van der Waals surface area contributed by atoms with Gasteiger partial charge in [0.05, 0.1) is 13.7 Å². The molecule has 6 heteroatoms. The van der Waals surface area contributed by atoms with E-state index in [1.54, 1.807) is 27.3 Å². The van der Waals surface area contributed by atoms with E-state index in [9.17, 15) is 4.79 Å². The van der Waals surface area contributed by atoms with E-state index < -0.39 is 0 Å². The molecule has 1 amide bonds. The van der Waals surface area contributed by atoms with Crippen molar-refractivity contribution in [2.45, 2.75) is 6.61 Å². The number of nitrogens with zero attached hydrogens (tertiary/aromatic N) is 1. The summed E-state index contributed by atoms with van der Waals surface area (Å²) < 4.78 is 10.4. The van der Waals surface area contributed by atoms with Gasteiger partial charge < -0.3 is 14.8 Å². The van der Waals surface area contributed by atoms with Crippen LogP contribution in [0.2, 0.25) is 0 Å². The van der Waals surface area contributed by atoms with E-state index in [4.69, 9.17) is 21.7 Å².